The molecule has 0 bridgehead atoms. The van der Waals surface area contributed by atoms with E-state index in [9.17, 15) is 17.6 Å². The number of carbonyl (C=O) groups is 1. The molecule has 2 aromatic carbocycles. The lowest BCUT2D eigenvalue weighted by molar-refractivity contribution is 0.102. The molecule has 1 saturated heterocycles. The summed E-state index contributed by atoms with van der Waals surface area (Å²) < 4.78 is 45.7. The second-order valence-corrected chi connectivity index (χ2v) is 8.75. The Morgan fingerprint density at radius 2 is 1.86 bits per heavy atom. The maximum absolute atomic E-state index is 13.3. The lowest BCUT2D eigenvalue weighted by atomic mass is 10.2. The summed E-state index contributed by atoms with van der Waals surface area (Å²) in [7, 11) is -2.31. The van der Waals surface area contributed by atoms with Gasteiger partial charge < -0.3 is 10.1 Å². The fraction of sp³-hybridized carbons (Fsp3) is 0.316. The van der Waals surface area contributed by atoms with Gasteiger partial charge in [0.15, 0.2) is 0 Å². The highest BCUT2D eigenvalue weighted by Gasteiger charge is 2.27. The molecule has 0 spiro atoms. The maximum atomic E-state index is 13.3. The van der Waals surface area contributed by atoms with Crippen LogP contribution in [0.15, 0.2) is 41.3 Å². The Morgan fingerprint density at radius 3 is 2.50 bits per heavy atom. The van der Waals surface area contributed by atoms with Gasteiger partial charge in [0.25, 0.3) is 5.91 Å². The van der Waals surface area contributed by atoms with Crippen LogP contribution in [-0.4, -0.2) is 38.8 Å². The van der Waals surface area contributed by atoms with Crippen LogP contribution >= 0.6 is 11.6 Å². The zero-order valence-corrected chi connectivity index (χ0v) is 16.8. The summed E-state index contributed by atoms with van der Waals surface area (Å²) in [6, 6.07) is 7.93. The molecule has 3 rings (SSSR count). The molecular formula is C19H20ClFN2O4S. The molecule has 1 heterocycles. The maximum Gasteiger partial charge on any atom is 0.259 e. The molecule has 0 aliphatic carbocycles. The lowest BCUT2D eigenvalue weighted by Gasteiger charge is -2.26. The van der Waals surface area contributed by atoms with Crippen LogP contribution in [-0.2, 0) is 10.0 Å². The number of amides is 1. The Kier molecular flexibility index (Phi) is 6.22. The predicted molar refractivity (Wildman–Crippen MR) is 105 cm³/mol. The number of hydrogen-bond acceptors (Lipinski definition) is 4. The van der Waals surface area contributed by atoms with Crippen molar-refractivity contribution in [2.45, 2.75) is 24.2 Å². The summed E-state index contributed by atoms with van der Waals surface area (Å²) in [5, 5.41) is 2.45. The van der Waals surface area contributed by atoms with Crippen molar-refractivity contribution in [3.63, 3.8) is 0 Å². The zero-order valence-electron chi connectivity index (χ0n) is 15.2. The minimum atomic E-state index is -3.70. The summed E-state index contributed by atoms with van der Waals surface area (Å²) in [5.74, 6) is -0.967. The first-order valence-electron chi connectivity index (χ1n) is 8.77. The summed E-state index contributed by atoms with van der Waals surface area (Å²) in [6.07, 6.45) is 2.63. The van der Waals surface area contributed by atoms with Gasteiger partial charge in [-0.3, -0.25) is 4.79 Å². The molecule has 0 atom stereocenters. The van der Waals surface area contributed by atoms with Crippen LogP contribution in [0.2, 0.25) is 5.02 Å². The number of piperidine rings is 1. The van der Waals surface area contributed by atoms with Crippen LogP contribution in [0.4, 0.5) is 10.1 Å². The molecule has 1 fully saturated rings. The first-order chi connectivity index (χ1) is 13.3. The third-order valence-corrected chi connectivity index (χ3v) is 6.73. The fourth-order valence-corrected chi connectivity index (χ4v) is 4.78. The Hall–Kier alpha value is -2.16. The number of benzene rings is 2. The molecule has 1 N–H and O–H groups in total. The molecule has 28 heavy (non-hydrogen) atoms. The smallest absolute Gasteiger partial charge is 0.259 e. The highest BCUT2D eigenvalue weighted by Crippen LogP contribution is 2.27. The summed E-state index contributed by atoms with van der Waals surface area (Å²) in [5.41, 5.74) is 0.337. The van der Waals surface area contributed by atoms with E-state index in [1.54, 1.807) is 0 Å². The molecule has 2 aromatic rings. The molecule has 1 aliphatic rings. The van der Waals surface area contributed by atoms with Crippen molar-refractivity contribution >= 4 is 33.2 Å². The number of hydrogen-bond donors (Lipinski definition) is 1. The predicted octanol–water partition coefficient (Wildman–Crippen LogP) is 3.91. The minimum absolute atomic E-state index is 0.0255. The van der Waals surface area contributed by atoms with Crippen molar-refractivity contribution < 1.29 is 22.3 Å². The van der Waals surface area contributed by atoms with Crippen LogP contribution in [0.25, 0.3) is 0 Å². The van der Waals surface area contributed by atoms with E-state index < -0.39 is 21.7 Å². The van der Waals surface area contributed by atoms with E-state index in [0.29, 0.717) is 13.1 Å². The van der Waals surface area contributed by atoms with Crippen LogP contribution in [0.5, 0.6) is 5.75 Å². The van der Waals surface area contributed by atoms with Gasteiger partial charge in [-0.15, -0.1) is 0 Å². The van der Waals surface area contributed by atoms with Gasteiger partial charge in [-0.1, -0.05) is 18.0 Å². The third-order valence-electron chi connectivity index (χ3n) is 4.55. The molecule has 150 valence electrons. The van der Waals surface area contributed by atoms with Gasteiger partial charge in [-0.25, -0.2) is 12.8 Å². The van der Waals surface area contributed by atoms with Crippen LogP contribution in [0.3, 0.4) is 0 Å². The van der Waals surface area contributed by atoms with Gasteiger partial charge in [0, 0.05) is 18.8 Å². The summed E-state index contributed by atoms with van der Waals surface area (Å²) >= 11 is 5.74. The van der Waals surface area contributed by atoms with Crippen molar-refractivity contribution in [3.8, 4) is 5.75 Å². The van der Waals surface area contributed by atoms with E-state index >= 15 is 0 Å². The molecule has 9 heteroatoms. The van der Waals surface area contributed by atoms with Gasteiger partial charge in [0.1, 0.15) is 11.6 Å². The molecule has 1 aliphatic heterocycles. The zero-order chi connectivity index (χ0) is 20.3. The van der Waals surface area contributed by atoms with E-state index in [0.717, 1.165) is 25.3 Å². The number of halogens is 2. The second kappa shape index (κ2) is 8.46. The first kappa shape index (κ1) is 20.6. The van der Waals surface area contributed by atoms with Crippen molar-refractivity contribution in [3.05, 3.63) is 52.8 Å². The molecule has 6 nitrogen and oxygen atoms in total. The molecule has 0 saturated carbocycles. The van der Waals surface area contributed by atoms with Gasteiger partial charge in [0.2, 0.25) is 10.0 Å². The topological polar surface area (TPSA) is 75.7 Å². The monoisotopic (exact) mass is 426 g/mol. The molecular weight excluding hydrogens is 407 g/mol. The van der Waals surface area contributed by atoms with E-state index in [1.165, 1.54) is 41.7 Å². The normalized spacial score (nSPS) is 15.2. The van der Waals surface area contributed by atoms with E-state index in [1.807, 2.05) is 0 Å². The van der Waals surface area contributed by atoms with E-state index in [4.69, 9.17) is 16.3 Å². The number of rotatable bonds is 5. The number of anilines is 1. The Bertz CT molecular complexity index is 991. The quantitative estimate of drug-likeness (QED) is 0.786. The van der Waals surface area contributed by atoms with Crippen LogP contribution in [0.1, 0.15) is 29.6 Å². The van der Waals surface area contributed by atoms with Crippen molar-refractivity contribution in [2.75, 3.05) is 25.5 Å². The highest BCUT2D eigenvalue weighted by molar-refractivity contribution is 7.89. The number of ether oxygens (including phenoxy) is 1. The Labute approximate surface area is 168 Å². The van der Waals surface area contributed by atoms with Crippen LogP contribution in [0, 0.1) is 5.82 Å². The van der Waals surface area contributed by atoms with Crippen molar-refractivity contribution in [2.24, 2.45) is 0 Å². The summed E-state index contributed by atoms with van der Waals surface area (Å²) in [6.45, 7) is 0.925. The van der Waals surface area contributed by atoms with Crippen molar-refractivity contribution in [1.29, 1.82) is 0 Å². The standard InChI is InChI=1S/C19H20ClFN2O4S/c1-27-18-8-6-14(28(25,26)23-9-3-2-4-10-23)12-15(18)19(24)22-13-5-7-17(21)16(20)11-13/h5-8,11-12H,2-4,9-10H2,1H3,(H,22,24). The average molecular weight is 427 g/mol. The number of methoxy groups -OCH3 is 1. The molecule has 0 radical (unpaired) electrons. The van der Waals surface area contributed by atoms with Crippen molar-refractivity contribution in [1.82, 2.24) is 4.31 Å². The molecule has 1 amide bonds. The molecule has 0 unspecified atom stereocenters. The lowest BCUT2D eigenvalue weighted by Crippen LogP contribution is -2.35. The third kappa shape index (κ3) is 4.29. The average Bonchev–Trinajstić information content (AvgIpc) is 2.70. The number of sulfonamides is 1. The Balaban J connectivity index is 1.92. The van der Waals surface area contributed by atoms with Gasteiger partial charge >= 0.3 is 0 Å². The minimum Gasteiger partial charge on any atom is -0.496 e. The number of carbonyl (C=O) groups excluding carboxylic acids is 1. The number of nitrogens with one attached hydrogen (secondary N) is 1. The summed E-state index contributed by atoms with van der Waals surface area (Å²) in [4.78, 5) is 12.7. The largest absolute Gasteiger partial charge is 0.496 e. The SMILES string of the molecule is COc1ccc(S(=O)(=O)N2CCCCC2)cc1C(=O)Nc1ccc(F)c(Cl)c1. The fourth-order valence-electron chi connectivity index (χ4n) is 3.05. The second-order valence-electron chi connectivity index (χ2n) is 6.41. The highest BCUT2D eigenvalue weighted by atomic mass is 35.5. The van der Waals surface area contributed by atoms with E-state index in [-0.39, 0.29) is 26.9 Å². The van der Waals surface area contributed by atoms with E-state index in [2.05, 4.69) is 5.32 Å². The van der Waals surface area contributed by atoms with Crippen LogP contribution < -0.4 is 10.1 Å². The molecule has 0 aromatic heterocycles. The number of nitrogens with zero attached hydrogens (tertiary/aromatic N) is 1. The van der Waals surface area contributed by atoms with Gasteiger partial charge in [-0.05, 0) is 49.2 Å². The first-order valence-corrected chi connectivity index (χ1v) is 10.6. The Morgan fingerprint density at radius 1 is 1.14 bits per heavy atom. The van der Waals surface area contributed by atoms with Gasteiger partial charge in [-0.2, -0.15) is 4.31 Å². The van der Waals surface area contributed by atoms with Gasteiger partial charge in [0.05, 0.1) is 22.6 Å².